The number of aromatic nitrogens is 2. The lowest BCUT2D eigenvalue weighted by Gasteiger charge is -2.24. The topological polar surface area (TPSA) is 113 Å². The molecule has 1 aliphatic rings. The van der Waals surface area contributed by atoms with Crippen molar-refractivity contribution in [2.24, 2.45) is 0 Å². The minimum Gasteiger partial charge on any atom is -0.485 e. The predicted molar refractivity (Wildman–Crippen MR) is 95.7 cm³/mol. The van der Waals surface area contributed by atoms with Gasteiger partial charge in [0.05, 0.1) is 0 Å². The van der Waals surface area contributed by atoms with Crippen molar-refractivity contribution in [1.82, 2.24) is 10.2 Å². The summed E-state index contributed by atoms with van der Waals surface area (Å²) in [4.78, 5) is 24.1. The normalized spacial score (nSPS) is 14.9. The molecule has 1 atom stereocenters. The number of carbonyl (C=O) groups is 2. The Labute approximate surface area is 159 Å². The number of fused-ring (bicyclic) bond motifs is 1. The van der Waals surface area contributed by atoms with E-state index in [2.05, 4.69) is 15.5 Å². The van der Waals surface area contributed by atoms with Crippen LogP contribution in [0.1, 0.15) is 0 Å². The average Bonchev–Trinajstić information content (AvgIpc) is 3.20. The number of benzene rings is 2. The van der Waals surface area contributed by atoms with Crippen molar-refractivity contribution >= 4 is 17.9 Å². The van der Waals surface area contributed by atoms with E-state index in [0.717, 1.165) is 5.56 Å². The van der Waals surface area contributed by atoms with Gasteiger partial charge in [-0.15, -0.1) is 5.10 Å². The molecule has 0 saturated heterocycles. The van der Waals surface area contributed by atoms with Crippen molar-refractivity contribution in [3.8, 4) is 23.0 Å². The number of para-hydroxylation sites is 2. The Morgan fingerprint density at radius 1 is 1.04 bits per heavy atom. The number of esters is 1. The number of nitrogens with zero attached hydrogens (tertiary/aromatic N) is 2. The van der Waals surface area contributed by atoms with Gasteiger partial charge in [0, 0.05) is 5.56 Å². The zero-order valence-electron chi connectivity index (χ0n) is 14.5. The largest absolute Gasteiger partial charge is 0.485 e. The lowest BCUT2D eigenvalue weighted by atomic mass is 10.2. The number of amides is 1. The van der Waals surface area contributed by atoms with Crippen LogP contribution in [0.2, 0.25) is 0 Å². The number of carbonyl (C=O) groups excluding carboxylic acids is 2. The van der Waals surface area contributed by atoms with Gasteiger partial charge in [-0.2, -0.15) is 0 Å². The smallest absolute Gasteiger partial charge is 0.351 e. The first-order chi connectivity index (χ1) is 13.7. The first kappa shape index (κ1) is 17.5. The fourth-order valence-corrected chi connectivity index (χ4v) is 2.49. The third-order valence-electron chi connectivity index (χ3n) is 3.81. The highest BCUT2D eigenvalue weighted by Gasteiger charge is 2.29. The van der Waals surface area contributed by atoms with E-state index >= 15 is 0 Å². The first-order valence-electron chi connectivity index (χ1n) is 8.43. The molecule has 9 nitrogen and oxygen atoms in total. The molecule has 142 valence electrons. The van der Waals surface area contributed by atoms with E-state index in [1.165, 1.54) is 0 Å². The quantitative estimate of drug-likeness (QED) is 0.668. The summed E-state index contributed by atoms with van der Waals surface area (Å²) in [5.41, 5.74) is 0.719. The highest BCUT2D eigenvalue weighted by Crippen LogP contribution is 2.31. The lowest BCUT2D eigenvalue weighted by Crippen LogP contribution is -2.39. The second-order valence-electron chi connectivity index (χ2n) is 5.80. The average molecular weight is 381 g/mol. The molecule has 28 heavy (non-hydrogen) atoms. The van der Waals surface area contributed by atoms with E-state index in [4.69, 9.17) is 18.6 Å². The van der Waals surface area contributed by atoms with Gasteiger partial charge in [-0.05, 0) is 24.3 Å². The van der Waals surface area contributed by atoms with Crippen LogP contribution >= 0.6 is 0 Å². The van der Waals surface area contributed by atoms with Crippen LogP contribution in [0.15, 0.2) is 59.0 Å². The number of hydrogen-bond donors (Lipinski definition) is 1. The SMILES string of the molecule is O=C(COC(=O)[C@H]1COc2ccccc2O1)Nc1nnc(-c2ccccc2)o1. The Kier molecular flexibility index (Phi) is 4.87. The molecule has 1 aromatic heterocycles. The van der Waals surface area contributed by atoms with Crippen LogP contribution < -0.4 is 14.8 Å². The van der Waals surface area contributed by atoms with Crippen molar-refractivity contribution in [2.75, 3.05) is 18.5 Å². The van der Waals surface area contributed by atoms with E-state index in [-0.39, 0.29) is 18.5 Å². The van der Waals surface area contributed by atoms with E-state index < -0.39 is 24.6 Å². The third kappa shape index (κ3) is 3.93. The number of rotatable bonds is 5. The molecule has 0 saturated carbocycles. The molecule has 9 heteroatoms. The van der Waals surface area contributed by atoms with Crippen LogP contribution in [0.5, 0.6) is 11.5 Å². The molecule has 0 aliphatic carbocycles. The van der Waals surface area contributed by atoms with Crippen molar-refractivity contribution < 1.29 is 28.2 Å². The van der Waals surface area contributed by atoms with Crippen LogP contribution in [-0.2, 0) is 14.3 Å². The second kappa shape index (κ2) is 7.78. The van der Waals surface area contributed by atoms with Gasteiger partial charge in [0.15, 0.2) is 18.1 Å². The highest BCUT2D eigenvalue weighted by atomic mass is 16.6. The zero-order valence-corrected chi connectivity index (χ0v) is 14.5. The zero-order chi connectivity index (χ0) is 19.3. The van der Waals surface area contributed by atoms with Gasteiger partial charge in [0.25, 0.3) is 5.91 Å². The Balaban J connectivity index is 1.28. The van der Waals surface area contributed by atoms with E-state index in [9.17, 15) is 9.59 Å². The summed E-state index contributed by atoms with van der Waals surface area (Å²) in [7, 11) is 0. The monoisotopic (exact) mass is 381 g/mol. The Morgan fingerprint density at radius 2 is 1.79 bits per heavy atom. The summed E-state index contributed by atoms with van der Waals surface area (Å²) < 4.78 is 21.3. The third-order valence-corrected chi connectivity index (χ3v) is 3.81. The minimum atomic E-state index is -0.948. The van der Waals surface area contributed by atoms with Crippen molar-refractivity contribution in [2.45, 2.75) is 6.10 Å². The van der Waals surface area contributed by atoms with Crippen LogP contribution in [-0.4, -0.2) is 41.4 Å². The summed E-state index contributed by atoms with van der Waals surface area (Å²) in [6.45, 7) is -0.523. The minimum absolute atomic E-state index is 0.00155. The van der Waals surface area contributed by atoms with Crippen LogP contribution in [0, 0.1) is 0 Å². The lowest BCUT2D eigenvalue weighted by molar-refractivity contribution is -0.156. The summed E-state index contributed by atoms with van der Waals surface area (Å²) in [6.07, 6.45) is -0.948. The standard InChI is InChI=1S/C19H15N3O6/c23-16(20-19-22-21-17(28-19)12-6-2-1-3-7-12)11-26-18(24)15-10-25-13-8-4-5-9-14(13)27-15/h1-9,15H,10-11H2,(H,20,22,23)/t15-/m1/s1. The van der Waals surface area contributed by atoms with Gasteiger partial charge in [-0.1, -0.05) is 35.4 Å². The molecule has 1 amide bonds. The van der Waals surface area contributed by atoms with Crippen molar-refractivity contribution in [3.63, 3.8) is 0 Å². The Morgan fingerprint density at radius 3 is 2.61 bits per heavy atom. The number of hydrogen-bond acceptors (Lipinski definition) is 8. The van der Waals surface area contributed by atoms with Gasteiger partial charge >= 0.3 is 12.0 Å². The van der Waals surface area contributed by atoms with Gasteiger partial charge < -0.3 is 18.6 Å². The summed E-state index contributed by atoms with van der Waals surface area (Å²) >= 11 is 0. The van der Waals surface area contributed by atoms with Crippen LogP contribution in [0.3, 0.4) is 0 Å². The van der Waals surface area contributed by atoms with Crippen LogP contribution in [0.4, 0.5) is 6.01 Å². The molecule has 3 aromatic rings. The van der Waals surface area contributed by atoms with Gasteiger partial charge in [-0.25, -0.2) is 4.79 Å². The summed E-state index contributed by atoms with van der Waals surface area (Å²) in [5.74, 6) is -0.0671. The molecule has 2 aromatic carbocycles. The summed E-state index contributed by atoms with van der Waals surface area (Å²) in [5, 5.41) is 9.97. The molecule has 0 unspecified atom stereocenters. The molecular formula is C19H15N3O6. The Bertz CT molecular complexity index is 988. The number of ether oxygens (including phenoxy) is 3. The second-order valence-corrected chi connectivity index (χ2v) is 5.80. The van der Waals surface area contributed by atoms with Gasteiger partial charge in [0.1, 0.15) is 6.61 Å². The van der Waals surface area contributed by atoms with Gasteiger partial charge in [-0.3, -0.25) is 10.1 Å². The fourth-order valence-electron chi connectivity index (χ4n) is 2.49. The maximum atomic E-state index is 12.1. The maximum Gasteiger partial charge on any atom is 0.351 e. The fraction of sp³-hybridized carbons (Fsp3) is 0.158. The molecule has 1 aliphatic heterocycles. The van der Waals surface area contributed by atoms with E-state index in [1.54, 1.807) is 36.4 Å². The van der Waals surface area contributed by atoms with Crippen molar-refractivity contribution in [3.05, 3.63) is 54.6 Å². The van der Waals surface area contributed by atoms with Crippen LogP contribution in [0.25, 0.3) is 11.5 Å². The number of nitrogens with one attached hydrogen (secondary N) is 1. The highest BCUT2D eigenvalue weighted by molar-refractivity contribution is 5.91. The maximum absolute atomic E-state index is 12.1. The molecule has 0 bridgehead atoms. The molecular weight excluding hydrogens is 366 g/mol. The first-order valence-corrected chi connectivity index (χ1v) is 8.43. The van der Waals surface area contributed by atoms with Crippen molar-refractivity contribution in [1.29, 1.82) is 0 Å². The molecule has 1 N–H and O–H groups in total. The molecule has 0 fully saturated rings. The van der Waals surface area contributed by atoms with Gasteiger partial charge in [0.2, 0.25) is 12.0 Å². The predicted octanol–water partition coefficient (Wildman–Crippen LogP) is 2.06. The molecule has 0 radical (unpaired) electrons. The van der Waals surface area contributed by atoms with E-state index in [1.807, 2.05) is 18.2 Å². The molecule has 0 spiro atoms. The summed E-state index contributed by atoms with van der Waals surface area (Å²) in [6, 6.07) is 16.0. The number of anilines is 1. The molecule has 4 rings (SSSR count). The molecule has 2 heterocycles. The van der Waals surface area contributed by atoms with E-state index in [0.29, 0.717) is 11.5 Å². The Hall–Kier alpha value is -3.88.